The Kier molecular flexibility index (Phi) is 8.93. The molecular weight excluding hydrogens is 414 g/mol. The molecule has 2 rings (SSSR count). The zero-order chi connectivity index (χ0) is 23.0. The van der Waals surface area contributed by atoms with E-state index in [1.165, 1.54) is 0 Å². The summed E-state index contributed by atoms with van der Waals surface area (Å²) in [6, 6.07) is 15.5. The van der Waals surface area contributed by atoms with Gasteiger partial charge >= 0.3 is 12.1 Å². The lowest BCUT2D eigenvalue weighted by molar-refractivity contribution is -0.147. The number of benzene rings is 2. The number of halogens is 1. The number of carbonyl (C=O) groups is 2. The minimum absolute atomic E-state index is 0.269. The van der Waals surface area contributed by atoms with Crippen LogP contribution < -0.4 is 5.32 Å². The lowest BCUT2D eigenvalue weighted by Gasteiger charge is -2.25. The summed E-state index contributed by atoms with van der Waals surface area (Å²) < 4.78 is 10.5. The predicted molar refractivity (Wildman–Crippen MR) is 124 cm³/mol. The highest BCUT2D eigenvalue weighted by Crippen LogP contribution is 2.24. The molecular formula is C25H32ClNO4. The molecule has 0 spiro atoms. The van der Waals surface area contributed by atoms with Crippen molar-refractivity contribution in [3.05, 3.63) is 59.1 Å². The van der Waals surface area contributed by atoms with E-state index in [9.17, 15) is 9.59 Å². The second kappa shape index (κ2) is 11.2. The normalized spacial score (nSPS) is 13.2. The van der Waals surface area contributed by atoms with Crippen molar-refractivity contribution in [2.45, 2.75) is 59.1 Å². The lowest BCUT2D eigenvalue weighted by Crippen LogP contribution is -2.41. The van der Waals surface area contributed by atoms with Crippen LogP contribution >= 0.6 is 11.6 Å². The second-order valence-corrected chi connectivity index (χ2v) is 9.08. The number of rotatable bonds is 8. The van der Waals surface area contributed by atoms with Crippen LogP contribution in [0.15, 0.2) is 48.5 Å². The Morgan fingerprint density at radius 3 is 2.32 bits per heavy atom. The molecule has 1 amide bonds. The van der Waals surface area contributed by atoms with Crippen molar-refractivity contribution in [1.29, 1.82) is 0 Å². The topological polar surface area (TPSA) is 64.6 Å². The van der Waals surface area contributed by atoms with Crippen molar-refractivity contribution in [3.8, 4) is 11.1 Å². The smallest absolute Gasteiger partial charge is 0.407 e. The van der Waals surface area contributed by atoms with E-state index in [1.807, 2.05) is 76.2 Å². The molecule has 1 N–H and O–H groups in total. The first-order chi connectivity index (χ1) is 14.6. The van der Waals surface area contributed by atoms with Crippen molar-refractivity contribution in [3.63, 3.8) is 0 Å². The third kappa shape index (κ3) is 8.62. The van der Waals surface area contributed by atoms with E-state index in [2.05, 4.69) is 5.32 Å². The standard InChI is InChI=1S/C25H32ClNO4/c1-6-30-23(28)17(2)14-22(27-24(29)31-25(3,4)5)15-18-10-12-19(13-11-18)20-8-7-9-21(26)16-20/h7-13,16-17,22H,6,14-15H2,1-5H3,(H,27,29)/t17?,22-/m0/s1. The van der Waals surface area contributed by atoms with E-state index in [4.69, 9.17) is 21.1 Å². The van der Waals surface area contributed by atoms with Crippen LogP contribution in [0.4, 0.5) is 4.79 Å². The van der Waals surface area contributed by atoms with E-state index >= 15 is 0 Å². The molecule has 6 heteroatoms. The number of amides is 1. The van der Waals surface area contributed by atoms with Gasteiger partial charge in [0.2, 0.25) is 0 Å². The molecule has 0 aliphatic rings. The van der Waals surface area contributed by atoms with Crippen LogP contribution in [-0.4, -0.2) is 30.3 Å². The molecule has 2 atom stereocenters. The van der Waals surface area contributed by atoms with Gasteiger partial charge in [-0.05, 0) is 69.4 Å². The first-order valence-corrected chi connectivity index (χ1v) is 11.0. The Bertz CT molecular complexity index is 874. The Labute approximate surface area is 190 Å². The number of hydrogen-bond donors (Lipinski definition) is 1. The predicted octanol–water partition coefficient (Wildman–Crippen LogP) is 6.03. The van der Waals surface area contributed by atoms with Crippen LogP contribution in [0.25, 0.3) is 11.1 Å². The van der Waals surface area contributed by atoms with Gasteiger partial charge in [0.1, 0.15) is 5.60 Å². The second-order valence-electron chi connectivity index (χ2n) is 8.64. The van der Waals surface area contributed by atoms with Gasteiger partial charge in [0.15, 0.2) is 0 Å². The third-order valence-corrected chi connectivity index (χ3v) is 4.88. The number of esters is 1. The summed E-state index contributed by atoms with van der Waals surface area (Å²) in [4.78, 5) is 24.4. The van der Waals surface area contributed by atoms with Crippen LogP contribution in [0.2, 0.25) is 5.02 Å². The molecule has 0 bridgehead atoms. The quantitative estimate of drug-likeness (QED) is 0.503. The molecule has 168 valence electrons. The first kappa shape index (κ1) is 24.7. The minimum Gasteiger partial charge on any atom is -0.466 e. The van der Waals surface area contributed by atoms with Gasteiger partial charge in [0.05, 0.1) is 12.5 Å². The maximum absolute atomic E-state index is 12.3. The summed E-state index contributed by atoms with van der Waals surface area (Å²) in [5, 5.41) is 3.61. The van der Waals surface area contributed by atoms with Crippen LogP contribution in [0.3, 0.4) is 0 Å². The highest BCUT2D eigenvalue weighted by Gasteiger charge is 2.24. The highest BCUT2D eigenvalue weighted by atomic mass is 35.5. The molecule has 5 nitrogen and oxygen atoms in total. The molecule has 1 unspecified atom stereocenters. The van der Waals surface area contributed by atoms with Crippen molar-refractivity contribution in [2.24, 2.45) is 5.92 Å². The van der Waals surface area contributed by atoms with Crippen LogP contribution in [0.1, 0.15) is 46.6 Å². The monoisotopic (exact) mass is 445 g/mol. The highest BCUT2D eigenvalue weighted by molar-refractivity contribution is 6.30. The molecule has 0 radical (unpaired) electrons. The molecule has 0 saturated heterocycles. The minimum atomic E-state index is -0.597. The fraction of sp³-hybridized carbons (Fsp3) is 0.440. The summed E-state index contributed by atoms with van der Waals surface area (Å²) in [6.07, 6.45) is 0.525. The van der Waals surface area contributed by atoms with E-state index in [0.29, 0.717) is 24.5 Å². The van der Waals surface area contributed by atoms with E-state index in [0.717, 1.165) is 16.7 Å². The largest absolute Gasteiger partial charge is 0.466 e. The fourth-order valence-corrected chi connectivity index (χ4v) is 3.45. The Morgan fingerprint density at radius 2 is 1.74 bits per heavy atom. The zero-order valence-corrected chi connectivity index (χ0v) is 19.7. The summed E-state index contributed by atoms with van der Waals surface area (Å²) in [7, 11) is 0. The van der Waals surface area contributed by atoms with Gasteiger partial charge in [0, 0.05) is 11.1 Å². The van der Waals surface area contributed by atoms with E-state index in [-0.39, 0.29) is 17.9 Å². The first-order valence-electron chi connectivity index (χ1n) is 10.6. The Hall–Kier alpha value is -2.53. The number of alkyl carbamates (subject to hydrolysis) is 1. The molecule has 0 aromatic heterocycles. The maximum atomic E-state index is 12.3. The average molecular weight is 446 g/mol. The number of carbonyl (C=O) groups excluding carboxylic acids is 2. The number of nitrogens with one attached hydrogen (secondary N) is 1. The van der Waals surface area contributed by atoms with Crippen LogP contribution in [0.5, 0.6) is 0 Å². The van der Waals surface area contributed by atoms with Crippen LogP contribution in [0, 0.1) is 5.92 Å². The molecule has 0 heterocycles. The van der Waals surface area contributed by atoms with E-state index in [1.54, 1.807) is 6.92 Å². The molecule has 0 fully saturated rings. The van der Waals surface area contributed by atoms with Gasteiger partial charge in [-0.15, -0.1) is 0 Å². The fourth-order valence-electron chi connectivity index (χ4n) is 3.26. The molecule has 2 aromatic rings. The summed E-state index contributed by atoms with van der Waals surface area (Å²) in [5.74, 6) is -0.611. The molecule has 0 saturated carbocycles. The van der Waals surface area contributed by atoms with Gasteiger partial charge in [0.25, 0.3) is 0 Å². The third-order valence-electron chi connectivity index (χ3n) is 4.64. The molecule has 2 aromatic carbocycles. The average Bonchev–Trinajstić information content (AvgIpc) is 2.67. The van der Waals surface area contributed by atoms with Crippen LogP contribution in [-0.2, 0) is 20.7 Å². The Balaban J connectivity index is 2.13. The lowest BCUT2D eigenvalue weighted by atomic mass is 9.95. The summed E-state index contributed by atoms with van der Waals surface area (Å²) in [5.41, 5.74) is 2.55. The molecule has 0 aliphatic heterocycles. The van der Waals surface area contributed by atoms with Crippen molar-refractivity contribution in [2.75, 3.05) is 6.61 Å². The zero-order valence-electron chi connectivity index (χ0n) is 18.9. The molecule has 31 heavy (non-hydrogen) atoms. The summed E-state index contributed by atoms with van der Waals surface area (Å²) >= 11 is 6.10. The van der Waals surface area contributed by atoms with Gasteiger partial charge < -0.3 is 14.8 Å². The summed E-state index contributed by atoms with van der Waals surface area (Å²) in [6.45, 7) is 9.37. The number of hydrogen-bond acceptors (Lipinski definition) is 4. The van der Waals surface area contributed by atoms with Gasteiger partial charge in [-0.1, -0.05) is 54.9 Å². The van der Waals surface area contributed by atoms with Gasteiger partial charge in [-0.3, -0.25) is 4.79 Å². The van der Waals surface area contributed by atoms with Crippen molar-refractivity contribution >= 4 is 23.7 Å². The van der Waals surface area contributed by atoms with E-state index < -0.39 is 11.7 Å². The number of ether oxygens (including phenoxy) is 2. The maximum Gasteiger partial charge on any atom is 0.407 e. The molecule has 0 aliphatic carbocycles. The van der Waals surface area contributed by atoms with Crippen molar-refractivity contribution in [1.82, 2.24) is 5.32 Å². The SMILES string of the molecule is CCOC(=O)C(C)C[C@@H](Cc1ccc(-c2cccc(Cl)c2)cc1)NC(=O)OC(C)(C)C. The van der Waals surface area contributed by atoms with Gasteiger partial charge in [-0.25, -0.2) is 4.79 Å². The Morgan fingerprint density at radius 1 is 1.06 bits per heavy atom. The van der Waals surface area contributed by atoms with Gasteiger partial charge in [-0.2, -0.15) is 0 Å². The van der Waals surface area contributed by atoms with Crippen molar-refractivity contribution < 1.29 is 19.1 Å².